The first kappa shape index (κ1) is 63.9. The first-order valence-electron chi connectivity index (χ1n) is 40.2. The van der Waals surface area contributed by atoms with Crippen LogP contribution in [-0.4, -0.2) is 33.6 Å². The minimum absolute atomic E-state index is 0.695. The summed E-state index contributed by atoms with van der Waals surface area (Å²) in [6, 6.07) is 132. The lowest BCUT2D eigenvalue weighted by Gasteiger charge is -2.19. The quantitative estimate of drug-likeness (QED) is 0.165. The maximum Gasteiger partial charge on any atom is 0.234 e. The molecule has 0 bridgehead atoms. The molecule has 0 amide bonds. The van der Waals surface area contributed by atoms with Crippen molar-refractivity contribution in [1.29, 1.82) is 0 Å². The summed E-state index contributed by atoms with van der Waals surface area (Å²) in [5, 5.41) is 31.0. The monoisotopic (exact) mass is 1480 g/mol. The third kappa shape index (κ3) is 8.83. The van der Waals surface area contributed by atoms with Crippen LogP contribution in [0.5, 0.6) is 0 Å². The normalized spacial score (nSPS) is 12.3. The Kier molecular flexibility index (Phi) is 13.3. The van der Waals surface area contributed by atoms with Gasteiger partial charge in [-0.15, -0.1) is 0 Å². The number of aromatic nitrogens is 7. The van der Waals surface area contributed by atoms with Crippen LogP contribution in [0.1, 0.15) is 0 Å². The Morgan fingerprint density at radius 3 is 0.838 bits per heavy atom. The molecule has 117 heavy (non-hydrogen) atoms. The van der Waals surface area contributed by atoms with Crippen LogP contribution in [0.25, 0.3) is 258 Å². The van der Waals surface area contributed by atoms with Crippen molar-refractivity contribution in [3.8, 4) is 95.6 Å². The second-order valence-electron chi connectivity index (χ2n) is 31.2. The average molecular weight is 1480 g/mol. The van der Waals surface area contributed by atoms with Gasteiger partial charge in [0.25, 0.3) is 0 Å². The molecule has 538 valence electrons. The molecule has 0 aliphatic heterocycles. The Morgan fingerprint density at radius 2 is 0.462 bits per heavy atom. The van der Waals surface area contributed by atoms with Crippen molar-refractivity contribution < 1.29 is 0 Å². The van der Waals surface area contributed by atoms with Crippen LogP contribution in [0.3, 0.4) is 0 Å². The van der Waals surface area contributed by atoms with Crippen LogP contribution >= 0.6 is 0 Å². The van der Waals surface area contributed by atoms with Crippen LogP contribution < -0.4 is 0 Å². The van der Waals surface area contributed by atoms with Crippen LogP contribution in [0.15, 0.2) is 383 Å². The minimum Gasteiger partial charge on any atom is -0.294 e. The van der Waals surface area contributed by atoms with Crippen molar-refractivity contribution >= 4 is 162 Å². The highest BCUT2D eigenvalue weighted by atomic mass is 15.1. The van der Waals surface area contributed by atoms with E-state index < -0.39 is 0 Å². The van der Waals surface area contributed by atoms with Gasteiger partial charge >= 0.3 is 0 Å². The van der Waals surface area contributed by atoms with Crippen LogP contribution in [-0.2, 0) is 0 Å². The van der Waals surface area contributed by atoms with Gasteiger partial charge in [0.1, 0.15) is 11.6 Å². The third-order valence-electron chi connectivity index (χ3n) is 25.5. The lowest BCUT2D eigenvalue weighted by atomic mass is 9.84. The number of benzene rings is 19. The van der Waals surface area contributed by atoms with E-state index in [4.69, 9.17) is 9.97 Å². The van der Waals surface area contributed by atoms with E-state index in [2.05, 4.69) is 369 Å². The van der Waals surface area contributed by atoms with Crippen LogP contribution in [0.2, 0.25) is 0 Å². The van der Waals surface area contributed by atoms with E-state index in [1.54, 1.807) is 0 Å². The summed E-state index contributed by atoms with van der Waals surface area (Å²) in [7, 11) is 0. The number of fused-ring (bicyclic) bond motifs is 24. The van der Waals surface area contributed by atoms with Crippen LogP contribution in [0, 0.1) is 0 Å². The molecule has 0 atom stereocenters. The van der Waals surface area contributed by atoms with Gasteiger partial charge in [-0.2, -0.15) is 0 Å². The van der Waals surface area contributed by atoms with E-state index in [1.165, 1.54) is 218 Å². The van der Waals surface area contributed by atoms with Gasteiger partial charge < -0.3 is 0 Å². The van der Waals surface area contributed by atoms with Crippen molar-refractivity contribution in [2.24, 2.45) is 0 Å². The van der Waals surface area contributed by atoms with E-state index in [1.807, 2.05) is 36.8 Å². The molecule has 0 fully saturated rings. The number of rotatable bonds is 4. The zero-order valence-corrected chi connectivity index (χ0v) is 63.0. The summed E-state index contributed by atoms with van der Waals surface area (Å²) in [6.45, 7) is 0. The van der Waals surface area contributed by atoms with E-state index >= 15 is 0 Å². The Bertz CT molecular complexity index is 8370. The largest absolute Gasteiger partial charge is 0.294 e. The Hall–Kier alpha value is -15.7. The summed E-state index contributed by atoms with van der Waals surface area (Å²) in [4.78, 5) is 19.3. The Morgan fingerprint density at radius 1 is 0.171 bits per heavy atom. The second-order valence-corrected chi connectivity index (χ2v) is 31.2. The highest BCUT2D eigenvalue weighted by molar-refractivity contribution is 6.39. The maximum atomic E-state index is 5.23. The molecule has 3 aliphatic carbocycles. The summed E-state index contributed by atoms with van der Waals surface area (Å²) >= 11 is 0. The first-order chi connectivity index (χ1) is 58.2. The fraction of sp³-hybridized carbons (Fsp3) is 0. The molecular formula is C110H63N7. The minimum atomic E-state index is 0.695. The smallest absolute Gasteiger partial charge is 0.234 e. The van der Waals surface area contributed by atoms with Gasteiger partial charge in [-0.25, -0.2) is 19.9 Å². The lowest BCUT2D eigenvalue weighted by Crippen LogP contribution is -2.00. The van der Waals surface area contributed by atoms with Crippen molar-refractivity contribution in [2.45, 2.75) is 0 Å². The molecule has 7 nitrogen and oxygen atoms in total. The van der Waals surface area contributed by atoms with E-state index in [-0.39, 0.29) is 0 Å². The molecule has 28 rings (SSSR count). The molecular weight excluding hydrogens is 1420 g/mol. The predicted molar refractivity (Wildman–Crippen MR) is 490 cm³/mol. The number of hydrogen-bond donors (Lipinski definition) is 0. The summed E-state index contributed by atoms with van der Waals surface area (Å²) in [5.74, 6) is 2.57. The Balaban J connectivity index is 0.0000000961. The molecule has 25 aromatic rings. The van der Waals surface area contributed by atoms with Crippen molar-refractivity contribution in [2.75, 3.05) is 0 Å². The van der Waals surface area contributed by atoms with Crippen LogP contribution in [0.4, 0.5) is 0 Å². The Labute approximate surface area is 669 Å². The molecule has 0 unspecified atom stereocenters. The maximum absolute atomic E-state index is 5.23. The molecule has 0 radical (unpaired) electrons. The second kappa shape index (κ2) is 24.4. The predicted octanol–water partition coefficient (Wildman–Crippen LogP) is 28.9. The molecule has 7 heteroatoms. The standard InChI is InChI=1S/C41H24N2.C35H20N2.C34H19N3/c1-2-11-25(12-3-1)33-20-10-22-36(42-33)43-34-21-9-19-32-39-30-17-7-5-15-28(30)27-14-4-6-16-29(27)38(39)31-18-8-13-26-23-24-35(43)41(37(26)31)40(32)34;1-3-12-24-22(10-1)23-11-2-4-13-25(23)33-27-15-8-16-28-34(27)35-29(37(28)30-17-5-6-20-36-30)19-18-21-9-7-14-26(31(21)35)32(24)33;1-3-11-23-21(9-1)22-10-2-4-12-24(22)31-26-14-6-15-27-32(26)33-28(37(27)34-35-18-7-19-36-34)17-16-20-8-5-13-25(29(20)33)30(23)31/h1-24H;1-20H;1-19H. The van der Waals surface area contributed by atoms with E-state index in [0.29, 0.717) is 5.95 Å². The summed E-state index contributed by atoms with van der Waals surface area (Å²) in [5.41, 5.74) is 24.7. The molecule has 0 spiro atoms. The zero-order valence-electron chi connectivity index (χ0n) is 63.0. The SMILES string of the molecule is c1ccc(-c2cccc(-n3c4cccc5c4c4c6c(cccc6ccc43)-c3c-5c4ccccc4c4ccccc34)n2)cc1.c1ccc(-n2c3cccc4c3c3c5c(cccc5ccc32)-c2c-4c3ccccc3c3ccccc23)nc1.c1cnc(-n2c3cccc4c3c3c5c(cccc5ccc32)-c2c-4c3ccccc3c3ccccc23)nc1. The first-order valence-corrected chi connectivity index (χ1v) is 40.2. The van der Waals surface area contributed by atoms with E-state index in [9.17, 15) is 0 Å². The average Bonchev–Trinajstić information content (AvgIpc) is 1.55. The highest BCUT2D eigenvalue weighted by Gasteiger charge is 2.33. The molecule has 0 saturated carbocycles. The zero-order chi connectivity index (χ0) is 76.2. The van der Waals surface area contributed by atoms with Gasteiger partial charge in [-0.3, -0.25) is 13.7 Å². The van der Waals surface area contributed by atoms with Gasteiger partial charge in [-0.05, 0) is 230 Å². The highest BCUT2D eigenvalue weighted by Crippen LogP contribution is 2.59. The molecule has 6 aromatic heterocycles. The van der Waals surface area contributed by atoms with Gasteiger partial charge in [0, 0.05) is 56.5 Å². The summed E-state index contributed by atoms with van der Waals surface area (Å²) in [6.07, 6.45) is 5.51. The van der Waals surface area contributed by atoms with Gasteiger partial charge in [0.2, 0.25) is 5.95 Å². The number of hydrogen-bond acceptors (Lipinski definition) is 4. The number of nitrogens with zero attached hydrogens (tertiary/aromatic N) is 7. The van der Waals surface area contributed by atoms with Gasteiger partial charge in [-0.1, -0.05) is 297 Å². The molecule has 0 N–H and O–H groups in total. The molecule has 0 saturated heterocycles. The fourth-order valence-electron chi connectivity index (χ4n) is 21.1. The molecule has 3 aliphatic rings. The number of pyridine rings is 2. The molecule has 6 heterocycles. The van der Waals surface area contributed by atoms with Crippen molar-refractivity contribution in [3.63, 3.8) is 0 Å². The van der Waals surface area contributed by atoms with E-state index in [0.717, 1.165) is 33.9 Å². The summed E-state index contributed by atoms with van der Waals surface area (Å²) < 4.78 is 6.92. The third-order valence-corrected chi connectivity index (χ3v) is 25.5. The van der Waals surface area contributed by atoms with Crippen molar-refractivity contribution in [3.05, 3.63) is 383 Å². The fourth-order valence-corrected chi connectivity index (χ4v) is 21.1. The lowest BCUT2D eigenvalue weighted by molar-refractivity contribution is 0.989. The van der Waals surface area contributed by atoms with Gasteiger partial charge in [0.15, 0.2) is 0 Å². The van der Waals surface area contributed by atoms with Crippen molar-refractivity contribution in [1.82, 2.24) is 33.6 Å². The molecule has 19 aromatic carbocycles. The van der Waals surface area contributed by atoms with Gasteiger partial charge in [0.05, 0.1) is 38.8 Å². The topological polar surface area (TPSA) is 66.3 Å².